The Hall–Kier alpha value is -6.00. The van der Waals surface area contributed by atoms with E-state index in [4.69, 9.17) is 67.8 Å². The standard InChI is InChI=1S/2C9H11N3.C8H9N3.C7H7N3/c1-2-7-12(8-3-5-10)9-4-6-11;1-2-3-4-7-12(8-5-10)9-6-11;1-2-3-6-11(7-4-9)8-5-10;1-2-5-10(6-3-8)7-4-9/h2*1H,3-4,7-9H2;1H,3,6-8H2;1H,5-7H2. The molecule has 0 bridgehead atoms. The first kappa shape index (κ1) is 46.0. The number of nitrogens with zero attached hydrogens (tertiary/aromatic N) is 12. The Balaban J connectivity index is -0.000000250. The zero-order valence-corrected chi connectivity index (χ0v) is 25.7. The summed E-state index contributed by atoms with van der Waals surface area (Å²) >= 11 is 0. The average molecular weight is 603 g/mol. The number of rotatable bonds is 17. The van der Waals surface area contributed by atoms with Gasteiger partial charge in [-0.3, -0.25) is 19.6 Å². The van der Waals surface area contributed by atoms with Gasteiger partial charge in [0, 0.05) is 51.9 Å². The number of hydrogen-bond donors (Lipinski definition) is 0. The first-order valence-corrected chi connectivity index (χ1v) is 13.5. The van der Waals surface area contributed by atoms with E-state index in [0.717, 1.165) is 13.0 Å². The summed E-state index contributed by atoms with van der Waals surface area (Å²) in [6.07, 6.45) is 23.3. The molecular weight excluding hydrogens is 564 g/mol. The van der Waals surface area contributed by atoms with E-state index in [0.29, 0.717) is 71.5 Å². The van der Waals surface area contributed by atoms with Crippen molar-refractivity contribution in [3.63, 3.8) is 0 Å². The van der Waals surface area contributed by atoms with Crippen molar-refractivity contribution in [2.45, 2.75) is 32.1 Å². The van der Waals surface area contributed by atoms with Crippen molar-refractivity contribution in [1.29, 1.82) is 42.1 Å². The van der Waals surface area contributed by atoms with Crippen LogP contribution in [-0.2, 0) is 0 Å². The summed E-state index contributed by atoms with van der Waals surface area (Å²) in [5, 5.41) is 66.4. The molecule has 12 heteroatoms. The van der Waals surface area contributed by atoms with Crippen LogP contribution in [0.1, 0.15) is 32.1 Å². The maximum atomic E-state index is 8.38. The van der Waals surface area contributed by atoms with Crippen LogP contribution in [0.15, 0.2) is 0 Å². The predicted octanol–water partition coefficient (Wildman–Crippen LogP) is 1.83. The minimum Gasteiger partial charge on any atom is -0.290 e. The molecule has 0 heterocycles. The summed E-state index contributed by atoms with van der Waals surface area (Å²) in [5.74, 6) is 9.82. The highest BCUT2D eigenvalue weighted by Crippen LogP contribution is 1.93. The number of terminal acetylenes is 4. The van der Waals surface area contributed by atoms with Crippen molar-refractivity contribution in [3.05, 3.63) is 0 Å². The van der Waals surface area contributed by atoms with Crippen LogP contribution in [0.4, 0.5) is 0 Å². The number of unbranched alkanes of at least 4 members (excludes halogenated alkanes) is 1. The summed E-state index contributed by atoms with van der Waals surface area (Å²) < 4.78 is 0. The van der Waals surface area contributed by atoms with Crippen molar-refractivity contribution in [1.82, 2.24) is 19.6 Å². The van der Waals surface area contributed by atoms with E-state index < -0.39 is 0 Å². The Kier molecular flexibility index (Phi) is 43.4. The van der Waals surface area contributed by atoms with E-state index >= 15 is 0 Å². The number of nitriles is 8. The number of hydrogen-bond acceptors (Lipinski definition) is 12. The van der Waals surface area contributed by atoms with Gasteiger partial charge in [-0.15, -0.1) is 37.5 Å². The molecule has 0 aromatic carbocycles. The van der Waals surface area contributed by atoms with Crippen molar-refractivity contribution in [2.24, 2.45) is 0 Å². The van der Waals surface area contributed by atoms with E-state index in [2.05, 4.69) is 23.7 Å². The largest absolute Gasteiger partial charge is 0.290 e. The summed E-state index contributed by atoms with van der Waals surface area (Å²) in [5.41, 5.74) is 0. The Morgan fingerprint density at radius 2 is 0.644 bits per heavy atom. The van der Waals surface area contributed by atoms with E-state index in [9.17, 15) is 0 Å². The molecule has 0 fully saturated rings. The molecule has 0 aromatic heterocycles. The quantitative estimate of drug-likeness (QED) is 0.133. The van der Waals surface area contributed by atoms with Gasteiger partial charge in [-0.1, -0.05) is 11.8 Å². The average Bonchev–Trinajstić information content (AvgIpc) is 3.03. The molecule has 230 valence electrons. The van der Waals surface area contributed by atoms with Crippen LogP contribution in [0.25, 0.3) is 0 Å². The molecular formula is C33H38N12. The summed E-state index contributed by atoms with van der Waals surface area (Å²) in [6.45, 7) is 5.13. The van der Waals surface area contributed by atoms with Gasteiger partial charge < -0.3 is 0 Å². The topological polar surface area (TPSA) is 203 Å². The smallest absolute Gasteiger partial charge is 0.0882 e. The van der Waals surface area contributed by atoms with Gasteiger partial charge in [-0.05, 0) is 6.42 Å². The van der Waals surface area contributed by atoms with Crippen LogP contribution in [-0.4, -0.2) is 98.1 Å². The van der Waals surface area contributed by atoms with Gasteiger partial charge in [0.1, 0.15) is 0 Å². The molecule has 0 saturated heterocycles. The van der Waals surface area contributed by atoms with E-state index in [1.165, 1.54) is 0 Å². The lowest BCUT2D eigenvalue weighted by atomic mass is 10.3. The molecule has 0 rings (SSSR count). The van der Waals surface area contributed by atoms with E-state index in [1.54, 1.807) is 14.7 Å². The fraction of sp³-hybridized carbons (Fsp3) is 0.515. The second-order valence-corrected chi connectivity index (χ2v) is 8.28. The lowest BCUT2D eigenvalue weighted by Crippen LogP contribution is -2.26. The molecule has 0 aliphatic rings. The van der Waals surface area contributed by atoms with Gasteiger partial charge in [-0.2, -0.15) is 42.1 Å². The van der Waals surface area contributed by atoms with Crippen LogP contribution in [0.5, 0.6) is 0 Å². The van der Waals surface area contributed by atoms with Crippen molar-refractivity contribution in [3.8, 4) is 97.9 Å². The molecule has 0 radical (unpaired) electrons. The summed E-state index contributed by atoms with van der Waals surface area (Å²) in [7, 11) is 0. The molecule has 0 atom stereocenters. The van der Waals surface area contributed by atoms with Gasteiger partial charge in [0.15, 0.2) is 0 Å². The Morgan fingerprint density at radius 3 is 0.978 bits per heavy atom. The third-order valence-electron chi connectivity index (χ3n) is 4.84. The Morgan fingerprint density at radius 1 is 0.311 bits per heavy atom. The Labute approximate surface area is 270 Å². The van der Waals surface area contributed by atoms with Gasteiger partial charge in [0.05, 0.1) is 101 Å². The molecule has 0 aliphatic heterocycles. The molecule has 0 unspecified atom stereocenters. The van der Waals surface area contributed by atoms with Crippen LogP contribution >= 0.6 is 0 Å². The molecule has 12 nitrogen and oxygen atoms in total. The first-order valence-electron chi connectivity index (χ1n) is 13.5. The zero-order valence-electron chi connectivity index (χ0n) is 25.7. The Bertz CT molecular complexity index is 1180. The van der Waals surface area contributed by atoms with Gasteiger partial charge >= 0.3 is 0 Å². The fourth-order valence-electron chi connectivity index (χ4n) is 2.77. The highest BCUT2D eigenvalue weighted by Gasteiger charge is 2.02. The van der Waals surface area contributed by atoms with Crippen LogP contribution < -0.4 is 0 Å². The van der Waals surface area contributed by atoms with Crippen LogP contribution in [0.2, 0.25) is 0 Å². The third-order valence-corrected chi connectivity index (χ3v) is 4.84. The van der Waals surface area contributed by atoms with E-state index in [-0.39, 0.29) is 26.2 Å². The normalized spacial score (nSPS) is 8.27. The second-order valence-electron chi connectivity index (χ2n) is 8.28. The minimum atomic E-state index is 0.220. The molecule has 0 saturated carbocycles. The van der Waals surface area contributed by atoms with Gasteiger partial charge in [-0.25, -0.2) is 0 Å². The van der Waals surface area contributed by atoms with Gasteiger partial charge in [0.2, 0.25) is 0 Å². The lowest BCUT2D eigenvalue weighted by Gasteiger charge is -2.15. The minimum absolute atomic E-state index is 0.220. The summed E-state index contributed by atoms with van der Waals surface area (Å²) in [4.78, 5) is 6.99. The zero-order chi connectivity index (χ0) is 34.8. The van der Waals surface area contributed by atoms with E-state index in [1.807, 2.05) is 53.5 Å². The van der Waals surface area contributed by atoms with Crippen molar-refractivity contribution in [2.75, 3.05) is 78.5 Å². The molecule has 45 heavy (non-hydrogen) atoms. The highest BCUT2D eigenvalue weighted by atomic mass is 15.1. The summed E-state index contributed by atoms with van der Waals surface area (Å²) in [6, 6.07) is 15.9. The predicted molar refractivity (Wildman–Crippen MR) is 169 cm³/mol. The lowest BCUT2D eigenvalue weighted by molar-refractivity contribution is 0.322. The second kappa shape index (κ2) is 42.5. The monoisotopic (exact) mass is 602 g/mol. The first-order chi connectivity index (χ1) is 21.9. The third kappa shape index (κ3) is 40.2. The molecule has 0 aromatic rings. The van der Waals surface area contributed by atoms with Crippen molar-refractivity contribution >= 4 is 0 Å². The molecule has 0 aliphatic carbocycles. The molecule has 0 N–H and O–H groups in total. The molecule has 0 amide bonds. The highest BCUT2D eigenvalue weighted by molar-refractivity contribution is 4.94. The maximum Gasteiger partial charge on any atom is 0.0882 e. The molecule has 0 spiro atoms. The van der Waals surface area contributed by atoms with Gasteiger partial charge in [0.25, 0.3) is 0 Å². The SMILES string of the molecule is C#CCCCN(CC#N)CC#N.C#CCCN(CC#N)CC#N.C#CCN(CC#N)CC#N.C#CCN(CCC#N)CCC#N. The van der Waals surface area contributed by atoms with Crippen molar-refractivity contribution < 1.29 is 0 Å². The van der Waals surface area contributed by atoms with Crippen LogP contribution in [0, 0.1) is 140 Å². The fourth-order valence-corrected chi connectivity index (χ4v) is 2.77. The maximum absolute atomic E-state index is 8.38. The van der Waals surface area contributed by atoms with Crippen LogP contribution in [0.3, 0.4) is 0 Å².